The molecule has 6 rings (SSSR count). The summed E-state index contributed by atoms with van der Waals surface area (Å²) in [5.41, 5.74) is 15.3. The third-order valence-electron chi connectivity index (χ3n) is 11.4. The van der Waals surface area contributed by atoms with Gasteiger partial charge in [0.25, 0.3) is 0 Å². The Balaban J connectivity index is 1.61. The Hall–Kier alpha value is -4.50. The van der Waals surface area contributed by atoms with E-state index in [1.165, 1.54) is 29.4 Å². The van der Waals surface area contributed by atoms with Gasteiger partial charge >= 0.3 is 11.9 Å². The fourth-order valence-corrected chi connectivity index (χ4v) is 8.16. The molecular formula is C41H52N4O5. The van der Waals surface area contributed by atoms with Gasteiger partial charge in [0.05, 0.1) is 18.9 Å². The van der Waals surface area contributed by atoms with E-state index in [0.717, 1.165) is 80.8 Å². The van der Waals surface area contributed by atoms with Crippen molar-refractivity contribution in [1.29, 1.82) is 0 Å². The number of fused-ring (bicyclic) bond motifs is 7. The van der Waals surface area contributed by atoms with Crippen LogP contribution in [0.5, 0.6) is 0 Å². The van der Waals surface area contributed by atoms with Crippen molar-refractivity contribution in [1.82, 2.24) is 20.3 Å². The number of H-pyrrole nitrogens is 3. The van der Waals surface area contributed by atoms with Crippen molar-refractivity contribution in [2.75, 3.05) is 13.7 Å². The van der Waals surface area contributed by atoms with Crippen molar-refractivity contribution in [3.05, 3.63) is 95.5 Å². The highest BCUT2D eigenvalue weighted by Crippen LogP contribution is 2.46. The van der Waals surface area contributed by atoms with Crippen LogP contribution in [0.15, 0.2) is 28.6 Å². The summed E-state index contributed by atoms with van der Waals surface area (Å²) >= 11 is 0. The van der Waals surface area contributed by atoms with Gasteiger partial charge in [-0.3, -0.25) is 9.59 Å². The van der Waals surface area contributed by atoms with Gasteiger partial charge in [-0.25, -0.2) is 0 Å². The molecule has 50 heavy (non-hydrogen) atoms. The predicted molar refractivity (Wildman–Crippen MR) is 196 cm³/mol. The van der Waals surface area contributed by atoms with Crippen molar-refractivity contribution < 1.29 is 24.2 Å². The van der Waals surface area contributed by atoms with E-state index in [0.29, 0.717) is 24.0 Å². The molecule has 9 nitrogen and oxygen atoms in total. The van der Waals surface area contributed by atoms with Crippen LogP contribution in [-0.4, -0.2) is 45.7 Å². The van der Waals surface area contributed by atoms with Crippen LogP contribution in [0.25, 0.3) is 17.7 Å². The van der Waals surface area contributed by atoms with Crippen LogP contribution in [0.1, 0.15) is 116 Å². The van der Waals surface area contributed by atoms with Crippen molar-refractivity contribution in [2.24, 2.45) is 11.8 Å². The highest BCUT2D eigenvalue weighted by molar-refractivity contribution is 5.93. The SMILES string of the molecule is CC/C(C)=C/COC(=O)CCc1c(C)/c2[nH]/c1=C1\c3[nH]c(c(C)c3[C@@H](O)[C@@H]1C(=O)OC)Cc1[nH]c(c(C)c1CC)C=C1NC(=C(C)[C@H]1CC)\C=2. The van der Waals surface area contributed by atoms with Gasteiger partial charge in [0.15, 0.2) is 0 Å². The number of hydrogen-bond donors (Lipinski definition) is 5. The minimum atomic E-state index is -1.09. The summed E-state index contributed by atoms with van der Waals surface area (Å²) in [6, 6.07) is 0. The molecule has 3 aromatic rings. The van der Waals surface area contributed by atoms with Crippen molar-refractivity contribution in [2.45, 2.75) is 100 Å². The molecule has 0 spiro atoms. The number of allylic oxidation sites excluding steroid dienone is 3. The fourth-order valence-electron chi connectivity index (χ4n) is 8.16. The largest absolute Gasteiger partial charge is 0.468 e. The summed E-state index contributed by atoms with van der Waals surface area (Å²) in [7, 11) is 1.36. The Labute approximate surface area is 294 Å². The molecule has 1 aliphatic carbocycles. The predicted octanol–water partition coefficient (Wildman–Crippen LogP) is 5.66. The van der Waals surface area contributed by atoms with Gasteiger partial charge < -0.3 is 34.8 Å². The maximum atomic E-state index is 13.5. The highest BCUT2D eigenvalue weighted by atomic mass is 16.5. The van der Waals surface area contributed by atoms with Crippen LogP contribution < -0.4 is 16.0 Å². The molecule has 266 valence electrons. The smallest absolute Gasteiger partial charge is 0.316 e. The second-order valence-corrected chi connectivity index (χ2v) is 14.1. The van der Waals surface area contributed by atoms with Crippen molar-refractivity contribution >= 4 is 29.7 Å². The Bertz CT molecular complexity index is 2080. The van der Waals surface area contributed by atoms with Gasteiger partial charge in [0, 0.05) is 69.1 Å². The number of aromatic amines is 3. The number of ether oxygens (including phenoxy) is 2. The molecule has 3 aliphatic rings. The summed E-state index contributed by atoms with van der Waals surface area (Å²) < 4.78 is 10.9. The number of aliphatic hydroxyl groups is 1. The fraction of sp³-hybridized carbons (Fsp3) is 0.463. The Kier molecular flexibility index (Phi) is 9.91. The molecule has 0 saturated carbocycles. The zero-order valence-electron chi connectivity index (χ0n) is 31.0. The number of carbonyl (C=O) groups is 2. The number of hydrogen-bond acceptors (Lipinski definition) is 6. The van der Waals surface area contributed by atoms with Crippen LogP contribution >= 0.6 is 0 Å². The molecule has 0 saturated heterocycles. The number of nitrogens with one attached hydrogen (secondary N) is 4. The van der Waals surface area contributed by atoms with Crippen molar-refractivity contribution in [3.63, 3.8) is 0 Å². The molecule has 3 aromatic heterocycles. The zero-order valence-corrected chi connectivity index (χ0v) is 31.0. The van der Waals surface area contributed by atoms with E-state index in [1.807, 2.05) is 26.8 Å². The molecule has 2 aliphatic heterocycles. The summed E-state index contributed by atoms with van der Waals surface area (Å²) in [4.78, 5) is 37.6. The van der Waals surface area contributed by atoms with Gasteiger partial charge in [-0.1, -0.05) is 26.3 Å². The standard InChI is InChI=1S/C41H52N4O5/c1-10-20(4)15-16-50-34(46)14-13-27-23(7)30-17-28-21(5)25(11-2)32(42-28)18-29-22(6)26(12-3)33(43-29)19-31-24(8)35-39(45-31)36(38(27)44-30)37(40(35)47)41(48)49-9/h15,17-18,25,37,40,42-45,47H,10-14,16,19H2,1-9H3/b20-15+,30-17-,32-18?,38-36-/t25-,37-,40-/m1/s1. The van der Waals surface area contributed by atoms with E-state index in [2.05, 4.69) is 67.0 Å². The molecule has 5 N–H and O–H groups in total. The van der Waals surface area contributed by atoms with Gasteiger partial charge in [-0.05, 0) is 112 Å². The zero-order chi connectivity index (χ0) is 36.0. The molecule has 8 bridgehead atoms. The molecule has 0 amide bonds. The average molecular weight is 681 g/mol. The van der Waals surface area contributed by atoms with E-state index in [1.54, 1.807) is 0 Å². The lowest BCUT2D eigenvalue weighted by molar-refractivity contribution is -0.146. The van der Waals surface area contributed by atoms with E-state index in [9.17, 15) is 14.7 Å². The maximum Gasteiger partial charge on any atom is 0.316 e. The molecule has 5 heterocycles. The number of rotatable bonds is 9. The van der Waals surface area contributed by atoms with Crippen LogP contribution in [0.4, 0.5) is 0 Å². The molecule has 0 unspecified atom stereocenters. The van der Waals surface area contributed by atoms with Gasteiger partial charge in [0.1, 0.15) is 12.5 Å². The molecule has 0 radical (unpaired) electrons. The van der Waals surface area contributed by atoms with Crippen LogP contribution in [0.3, 0.4) is 0 Å². The quantitative estimate of drug-likeness (QED) is 0.147. The average Bonchev–Trinajstić information content (AvgIpc) is 3.84. The number of aromatic nitrogens is 3. The van der Waals surface area contributed by atoms with E-state index >= 15 is 0 Å². The first-order valence-electron chi connectivity index (χ1n) is 18.1. The van der Waals surface area contributed by atoms with Gasteiger partial charge in [-0.15, -0.1) is 0 Å². The lowest BCUT2D eigenvalue weighted by atomic mass is 9.95. The summed E-state index contributed by atoms with van der Waals surface area (Å²) in [5, 5.41) is 17.2. The molecule has 9 heteroatoms. The third kappa shape index (κ3) is 5.99. The topological polar surface area (TPSA) is 132 Å². The Morgan fingerprint density at radius 1 is 0.980 bits per heavy atom. The monoisotopic (exact) mass is 680 g/mol. The molecule has 3 atom stereocenters. The first-order valence-corrected chi connectivity index (χ1v) is 18.1. The van der Waals surface area contributed by atoms with E-state index in [4.69, 9.17) is 9.47 Å². The summed E-state index contributed by atoms with van der Waals surface area (Å²) in [5.74, 6) is -1.50. The number of methoxy groups -OCH3 is 1. The maximum absolute atomic E-state index is 13.5. The normalized spacial score (nSPS) is 21.6. The number of esters is 2. The first kappa shape index (κ1) is 35.3. The van der Waals surface area contributed by atoms with Crippen LogP contribution in [-0.2, 0) is 38.3 Å². The first-order chi connectivity index (χ1) is 23.9. The molecule has 0 fully saturated rings. The van der Waals surface area contributed by atoms with Crippen LogP contribution in [0.2, 0.25) is 0 Å². The van der Waals surface area contributed by atoms with E-state index < -0.39 is 18.0 Å². The minimum absolute atomic E-state index is 0.170. The Morgan fingerprint density at radius 2 is 1.74 bits per heavy atom. The van der Waals surface area contributed by atoms with Gasteiger partial charge in [0.2, 0.25) is 0 Å². The second-order valence-electron chi connectivity index (χ2n) is 14.1. The lowest BCUT2D eigenvalue weighted by Gasteiger charge is -2.16. The number of aliphatic hydroxyl groups excluding tert-OH is 1. The third-order valence-corrected chi connectivity index (χ3v) is 11.4. The highest BCUT2D eigenvalue weighted by Gasteiger charge is 2.45. The second kappa shape index (κ2) is 14.0. The minimum Gasteiger partial charge on any atom is -0.468 e. The van der Waals surface area contributed by atoms with Crippen molar-refractivity contribution in [3.8, 4) is 0 Å². The molecule has 0 aromatic carbocycles. The lowest BCUT2D eigenvalue weighted by Crippen LogP contribution is -2.27. The number of carbonyl (C=O) groups excluding carboxylic acids is 2. The summed E-state index contributed by atoms with van der Waals surface area (Å²) in [6.07, 6.45) is 9.18. The van der Waals surface area contributed by atoms with E-state index in [-0.39, 0.29) is 24.9 Å². The van der Waals surface area contributed by atoms with Gasteiger partial charge in [-0.2, -0.15) is 0 Å². The van der Waals surface area contributed by atoms with Crippen LogP contribution in [0, 0.1) is 32.6 Å². The Morgan fingerprint density at radius 3 is 2.42 bits per heavy atom. The molecular weight excluding hydrogens is 628 g/mol. The summed E-state index contributed by atoms with van der Waals surface area (Å²) in [6.45, 7) is 17.2.